The van der Waals surface area contributed by atoms with Crippen molar-refractivity contribution in [2.45, 2.75) is 13.0 Å². The Morgan fingerprint density at radius 1 is 1.15 bits per heavy atom. The monoisotopic (exact) mass is 282 g/mol. The lowest BCUT2D eigenvalue weighted by atomic mass is 10.1. The number of nitriles is 2. The van der Waals surface area contributed by atoms with Crippen molar-refractivity contribution < 1.29 is 0 Å². The van der Waals surface area contributed by atoms with Gasteiger partial charge in [0.2, 0.25) is 0 Å². The van der Waals surface area contributed by atoms with Gasteiger partial charge in [-0.05, 0) is 30.7 Å². The van der Waals surface area contributed by atoms with Gasteiger partial charge in [-0.15, -0.1) is 0 Å². The van der Waals surface area contributed by atoms with Gasteiger partial charge in [-0.1, -0.05) is 23.7 Å². The van der Waals surface area contributed by atoms with Gasteiger partial charge in [0, 0.05) is 12.2 Å². The number of nitrogens with zero attached hydrogens (tertiary/aromatic N) is 3. The third-order valence-corrected chi connectivity index (χ3v) is 3.29. The molecule has 4 nitrogen and oxygen atoms in total. The van der Waals surface area contributed by atoms with E-state index in [1.54, 1.807) is 18.2 Å². The zero-order valence-electron chi connectivity index (χ0n) is 10.8. The van der Waals surface area contributed by atoms with Crippen molar-refractivity contribution in [1.29, 1.82) is 10.5 Å². The van der Waals surface area contributed by atoms with Crippen molar-refractivity contribution in [1.82, 2.24) is 4.98 Å². The van der Waals surface area contributed by atoms with E-state index < -0.39 is 0 Å². The van der Waals surface area contributed by atoms with Crippen molar-refractivity contribution in [2.24, 2.45) is 0 Å². The smallest absolute Gasteiger partial charge is 0.146 e. The van der Waals surface area contributed by atoms with Gasteiger partial charge in [-0.25, -0.2) is 4.98 Å². The van der Waals surface area contributed by atoms with Crippen molar-refractivity contribution in [3.8, 4) is 12.1 Å². The summed E-state index contributed by atoms with van der Waals surface area (Å²) in [6.45, 7) is 1.96. The van der Waals surface area contributed by atoms with Crippen LogP contribution in [0.4, 0.5) is 5.82 Å². The molecule has 5 heteroatoms. The fourth-order valence-electron chi connectivity index (χ4n) is 1.77. The van der Waals surface area contributed by atoms with Gasteiger partial charge >= 0.3 is 0 Å². The first-order chi connectivity index (χ1) is 9.65. The third-order valence-electron chi connectivity index (χ3n) is 2.90. The first-order valence-electron chi connectivity index (χ1n) is 5.97. The van der Waals surface area contributed by atoms with Crippen LogP contribution in [-0.4, -0.2) is 4.98 Å². The molecule has 0 aliphatic heterocycles. The standard InChI is InChI=1S/C15H11ClN4/c1-10(12-4-2-11(8-17)3-5-12)20-15-14(16)13(9-18)6-7-19-15/h2-7,10H,1H3,(H,19,20). The molecule has 0 aliphatic rings. The average Bonchev–Trinajstić information content (AvgIpc) is 2.49. The lowest BCUT2D eigenvalue weighted by Gasteiger charge is -2.16. The van der Waals surface area contributed by atoms with Gasteiger partial charge in [0.15, 0.2) is 0 Å². The maximum Gasteiger partial charge on any atom is 0.146 e. The van der Waals surface area contributed by atoms with E-state index in [-0.39, 0.29) is 6.04 Å². The normalized spacial score (nSPS) is 11.2. The quantitative estimate of drug-likeness (QED) is 0.932. The van der Waals surface area contributed by atoms with E-state index in [1.165, 1.54) is 6.20 Å². The first-order valence-corrected chi connectivity index (χ1v) is 6.34. The number of nitrogens with one attached hydrogen (secondary N) is 1. The van der Waals surface area contributed by atoms with E-state index in [0.29, 0.717) is 22.0 Å². The minimum absolute atomic E-state index is 0.0401. The van der Waals surface area contributed by atoms with E-state index in [1.807, 2.05) is 25.1 Å². The summed E-state index contributed by atoms with van der Waals surface area (Å²) >= 11 is 6.10. The second-order valence-electron chi connectivity index (χ2n) is 4.23. The second kappa shape index (κ2) is 6.06. The molecule has 20 heavy (non-hydrogen) atoms. The molecule has 1 heterocycles. The lowest BCUT2D eigenvalue weighted by molar-refractivity contribution is 0.874. The molecule has 0 spiro atoms. The van der Waals surface area contributed by atoms with Crippen LogP contribution >= 0.6 is 11.6 Å². The van der Waals surface area contributed by atoms with Gasteiger partial charge in [0.25, 0.3) is 0 Å². The second-order valence-corrected chi connectivity index (χ2v) is 4.61. The third kappa shape index (κ3) is 2.88. The molecule has 0 fully saturated rings. The van der Waals surface area contributed by atoms with Crippen molar-refractivity contribution in [3.63, 3.8) is 0 Å². The van der Waals surface area contributed by atoms with Crippen LogP contribution in [0.5, 0.6) is 0 Å². The lowest BCUT2D eigenvalue weighted by Crippen LogP contribution is -2.08. The summed E-state index contributed by atoms with van der Waals surface area (Å²) in [6.07, 6.45) is 1.54. The van der Waals surface area contributed by atoms with Gasteiger partial charge in [0.05, 0.1) is 17.2 Å². The zero-order chi connectivity index (χ0) is 14.5. The van der Waals surface area contributed by atoms with Crippen molar-refractivity contribution >= 4 is 17.4 Å². The van der Waals surface area contributed by atoms with Crippen LogP contribution in [0.1, 0.15) is 29.7 Å². The summed E-state index contributed by atoms with van der Waals surface area (Å²) in [4.78, 5) is 4.14. The molecule has 1 aromatic heterocycles. The molecule has 1 atom stereocenters. The molecule has 0 saturated heterocycles. The summed E-state index contributed by atoms with van der Waals surface area (Å²) in [6, 6.07) is 12.9. The number of pyridine rings is 1. The van der Waals surface area contributed by atoms with Crippen LogP contribution < -0.4 is 5.32 Å². The Labute approximate surface area is 122 Å². The maximum absolute atomic E-state index is 8.93. The molecule has 0 bridgehead atoms. The van der Waals surface area contributed by atoms with E-state index >= 15 is 0 Å². The van der Waals surface area contributed by atoms with Gasteiger partial charge in [-0.3, -0.25) is 0 Å². The van der Waals surface area contributed by atoms with Crippen LogP contribution in [0.25, 0.3) is 0 Å². The molecule has 2 aromatic rings. The predicted molar refractivity (Wildman–Crippen MR) is 77.2 cm³/mol. The first kappa shape index (κ1) is 13.9. The molecule has 2 rings (SSSR count). The van der Waals surface area contributed by atoms with E-state index in [4.69, 9.17) is 22.1 Å². The minimum Gasteiger partial charge on any atom is -0.362 e. The highest BCUT2D eigenvalue weighted by Crippen LogP contribution is 2.26. The van der Waals surface area contributed by atoms with Gasteiger partial charge in [-0.2, -0.15) is 10.5 Å². The fraction of sp³-hybridized carbons (Fsp3) is 0.133. The Morgan fingerprint density at radius 2 is 1.85 bits per heavy atom. The van der Waals surface area contributed by atoms with Crippen LogP contribution in [-0.2, 0) is 0 Å². The molecule has 0 aliphatic carbocycles. The van der Waals surface area contributed by atoms with Crippen molar-refractivity contribution in [2.75, 3.05) is 5.32 Å². The predicted octanol–water partition coefficient (Wildman–Crippen LogP) is 3.65. The van der Waals surface area contributed by atoms with E-state index in [9.17, 15) is 0 Å². The maximum atomic E-state index is 8.93. The Morgan fingerprint density at radius 3 is 2.45 bits per heavy atom. The molecular weight excluding hydrogens is 272 g/mol. The minimum atomic E-state index is -0.0401. The zero-order valence-corrected chi connectivity index (χ0v) is 11.5. The summed E-state index contributed by atoms with van der Waals surface area (Å²) in [7, 11) is 0. The average molecular weight is 283 g/mol. The van der Waals surface area contributed by atoms with Crippen molar-refractivity contribution in [3.05, 3.63) is 58.2 Å². The highest BCUT2D eigenvalue weighted by atomic mass is 35.5. The summed E-state index contributed by atoms with van der Waals surface area (Å²) in [5, 5.41) is 21.2. The Kier molecular flexibility index (Phi) is 4.20. The number of hydrogen-bond acceptors (Lipinski definition) is 4. The summed E-state index contributed by atoms with van der Waals surface area (Å²) in [5.41, 5.74) is 2.00. The SMILES string of the molecule is CC(Nc1nccc(C#N)c1Cl)c1ccc(C#N)cc1. The number of anilines is 1. The van der Waals surface area contributed by atoms with Crippen LogP contribution in [0.3, 0.4) is 0 Å². The molecule has 0 radical (unpaired) electrons. The Bertz CT molecular complexity index is 695. The van der Waals surface area contributed by atoms with Crippen LogP contribution in [0.2, 0.25) is 5.02 Å². The summed E-state index contributed by atoms with van der Waals surface area (Å²) in [5.74, 6) is 0.475. The molecule has 98 valence electrons. The Balaban J connectivity index is 2.21. The number of benzene rings is 1. The molecular formula is C15H11ClN4. The number of halogens is 1. The summed E-state index contributed by atoms with van der Waals surface area (Å²) < 4.78 is 0. The highest BCUT2D eigenvalue weighted by molar-refractivity contribution is 6.34. The fourth-order valence-corrected chi connectivity index (χ4v) is 1.97. The highest BCUT2D eigenvalue weighted by Gasteiger charge is 2.11. The largest absolute Gasteiger partial charge is 0.362 e. The number of rotatable bonds is 3. The number of aromatic nitrogens is 1. The molecule has 1 aromatic carbocycles. The van der Waals surface area contributed by atoms with Crippen LogP contribution in [0, 0.1) is 22.7 Å². The molecule has 1 N–H and O–H groups in total. The molecule has 1 unspecified atom stereocenters. The molecule has 0 saturated carbocycles. The topological polar surface area (TPSA) is 72.5 Å². The van der Waals surface area contributed by atoms with Gasteiger partial charge in [0.1, 0.15) is 16.9 Å². The van der Waals surface area contributed by atoms with E-state index in [2.05, 4.69) is 16.4 Å². The van der Waals surface area contributed by atoms with Gasteiger partial charge < -0.3 is 5.32 Å². The van der Waals surface area contributed by atoms with Crippen LogP contribution in [0.15, 0.2) is 36.5 Å². The number of hydrogen-bond donors (Lipinski definition) is 1. The van der Waals surface area contributed by atoms with E-state index in [0.717, 1.165) is 5.56 Å². The molecule has 0 amide bonds. The Hall–Kier alpha value is -2.56.